The van der Waals surface area contributed by atoms with Gasteiger partial charge in [0.15, 0.2) is 11.6 Å². The molecule has 2 N–H and O–H groups in total. The van der Waals surface area contributed by atoms with Gasteiger partial charge in [-0.2, -0.15) is 10.2 Å². The predicted octanol–water partition coefficient (Wildman–Crippen LogP) is 2.94. The van der Waals surface area contributed by atoms with Gasteiger partial charge < -0.3 is 10.6 Å². The van der Waals surface area contributed by atoms with Crippen LogP contribution < -0.4 is 10.6 Å². The van der Waals surface area contributed by atoms with Gasteiger partial charge in [0.05, 0.1) is 35.5 Å². The van der Waals surface area contributed by atoms with Crippen molar-refractivity contribution < 1.29 is 4.79 Å². The van der Waals surface area contributed by atoms with E-state index in [1.807, 2.05) is 60.7 Å². The normalized spacial score (nSPS) is 11.1. The van der Waals surface area contributed by atoms with Crippen LogP contribution in [0.15, 0.2) is 85.7 Å². The molecule has 0 aliphatic heterocycles. The number of aromatic nitrogens is 8. The fourth-order valence-corrected chi connectivity index (χ4v) is 3.97. The lowest BCUT2D eigenvalue weighted by atomic mass is 10.2. The molecule has 0 saturated heterocycles. The molecule has 6 aromatic rings. The summed E-state index contributed by atoms with van der Waals surface area (Å²) in [5, 5.41) is 16.3. The molecule has 0 fully saturated rings. The highest BCUT2D eigenvalue weighted by Crippen LogP contribution is 2.18. The summed E-state index contributed by atoms with van der Waals surface area (Å²) in [5.41, 5.74) is 3.47. The Labute approximate surface area is 204 Å². The third-order valence-electron chi connectivity index (χ3n) is 5.71. The van der Waals surface area contributed by atoms with Crippen LogP contribution in [0.4, 0.5) is 4.79 Å². The maximum absolute atomic E-state index is 12.5. The Morgan fingerprint density at radius 2 is 1.17 bits per heavy atom. The van der Waals surface area contributed by atoms with Crippen LogP contribution in [0.3, 0.4) is 0 Å². The van der Waals surface area contributed by atoms with Crippen molar-refractivity contribution in [2.24, 2.45) is 0 Å². The second-order valence-electron chi connectivity index (χ2n) is 7.97. The Kier molecular flexibility index (Phi) is 5.47. The maximum atomic E-state index is 12.5. The highest BCUT2D eigenvalue weighted by atomic mass is 16.2. The molecule has 0 bridgehead atoms. The number of hydrogen-bond acceptors (Lipinski definition) is 7. The van der Waals surface area contributed by atoms with Crippen molar-refractivity contribution in [1.82, 2.24) is 50.1 Å². The molecule has 0 radical (unpaired) electrons. The summed E-state index contributed by atoms with van der Waals surface area (Å²) in [6.45, 7) is 0.391. The number of amides is 2. The summed E-state index contributed by atoms with van der Waals surface area (Å²) >= 11 is 0. The van der Waals surface area contributed by atoms with Crippen LogP contribution in [-0.4, -0.2) is 45.5 Å². The van der Waals surface area contributed by atoms with E-state index >= 15 is 0 Å². The van der Waals surface area contributed by atoms with Gasteiger partial charge in [-0.3, -0.25) is 9.97 Å². The molecule has 0 saturated carbocycles. The van der Waals surface area contributed by atoms with Crippen molar-refractivity contribution in [3.63, 3.8) is 0 Å². The minimum atomic E-state index is -0.357. The van der Waals surface area contributed by atoms with Gasteiger partial charge >= 0.3 is 6.03 Å². The highest BCUT2D eigenvalue weighted by Gasteiger charge is 2.12. The van der Waals surface area contributed by atoms with E-state index in [1.54, 1.807) is 21.8 Å². The summed E-state index contributed by atoms with van der Waals surface area (Å²) < 4.78 is 3.38. The lowest BCUT2D eigenvalue weighted by Crippen LogP contribution is -2.36. The van der Waals surface area contributed by atoms with Crippen LogP contribution in [0.25, 0.3) is 33.2 Å². The number of nitrogens with zero attached hydrogens (tertiary/aromatic N) is 8. The number of urea groups is 1. The molecule has 0 spiro atoms. The zero-order chi connectivity index (χ0) is 24.3. The Balaban J connectivity index is 1.11. The van der Waals surface area contributed by atoms with Crippen molar-refractivity contribution in [1.29, 1.82) is 0 Å². The largest absolute Gasteiger partial charge is 0.331 e. The second-order valence-corrected chi connectivity index (χ2v) is 7.97. The standard InChI is InChI=1S/C25H20N10O/c36-25(28-13-23-30-15-32-34(23)19-5-7-21-17(11-19)3-1-9-26-21)29-14-24-31-16-33-35(24)20-6-8-22-18(12-20)4-2-10-27-22/h1-12,15-16H,13-14H2,(H2,28,29,36). The van der Waals surface area contributed by atoms with Crippen LogP contribution in [0.5, 0.6) is 0 Å². The van der Waals surface area contributed by atoms with Gasteiger partial charge in [0.25, 0.3) is 0 Å². The Morgan fingerprint density at radius 1 is 0.667 bits per heavy atom. The third-order valence-corrected chi connectivity index (χ3v) is 5.71. The first-order valence-electron chi connectivity index (χ1n) is 11.2. The van der Waals surface area contributed by atoms with E-state index < -0.39 is 0 Å². The fraction of sp³-hybridized carbons (Fsp3) is 0.0800. The molecule has 0 aliphatic carbocycles. The summed E-state index contributed by atoms with van der Waals surface area (Å²) in [6.07, 6.45) is 6.44. The fourth-order valence-electron chi connectivity index (χ4n) is 3.97. The van der Waals surface area contributed by atoms with Gasteiger partial charge in [-0.05, 0) is 48.5 Å². The third kappa shape index (κ3) is 4.20. The van der Waals surface area contributed by atoms with Crippen molar-refractivity contribution in [3.05, 3.63) is 97.4 Å². The molecule has 4 heterocycles. The number of pyridine rings is 2. The Hall–Kier alpha value is -5.19. The molecule has 4 aromatic heterocycles. The molecule has 0 unspecified atom stereocenters. The first kappa shape index (κ1) is 21.4. The zero-order valence-corrected chi connectivity index (χ0v) is 19.0. The average Bonchev–Trinajstić information content (AvgIpc) is 3.60. The number of rotatable bonds is 6. The Morgan fingerprint density at radius 3 is 1.67 bits per heavy atom. The number of carbonyl (C=O) groups is 1. The molecule has 11 nitrogen and oxygen atoms in total. The van der Waals surface area contributed by atoms with E-state index in [0.29, 0.717) is 11.6 Å². The first-order valence-corrected chi connectivity index (χ1v) is 11.2. The molecule has 11 heteroatoms. The summed E-state index contributed by atoms with van der Waals surface area (Å²) in [6, 6.07) is 19.1. The minimum Gasteiger partial charge on any atom is -0.331 e. The second kappa shape index (κ2) is 9.22. The molecule has 0 atom stereocenters. The minimum absolute atomic E-state index is 0.196. The van der Waals surface area contributed by atoms with Gasteiger partial charge in [0.2, 0.25) is 0 Å². The van der Waals surface area contributed by atoms with E-state index in [-0.39, 0.29) is 19.1 Å². The SMILES string of the molecule is O=C(NCc1ncnn1-c1ccc2ncccc2c1)NCc1ncnn1-c1ccc2ncccc2c1. The monoisotopic (exact) mass is 476 g/mol. The van der Waals surface area contributed by atoms with Crippen LogP contribution >= 0.6 is 0 Å². The van der Waals surface area contributed by atoms with E-state index in [1.165, 1.54) is 12.7 Å². The van der Waals surface area contributed by atoms with Crippen molar-refractivity contribution >= 4 is 27.8 Å². The van der Waals surface area contributed by atoms with Crippen LogP contribution in [0.1, 0.15) is 11.6 Å². The van der Waals surface area contributed by atoms with E-state index in [4.69, 9.17) is 0 Å². The molecule has 2 amide bonds. The van der Waals surface area contributed by atoms with Gasteiger partial charge in [0, 0.05) is 23.2 Å². The van der Waals surface area contributed by atoms with Crippen LogP contribution in [0, 0.1) is 0 Å². The smallest absolute Gasteiger partial charge is 0.315 e. The highest BCUT2D eigenvalue weighted by molar-refractivity contribution is 5.81. The number of hydrogen-bond donors (Lipinski definition) is 2. The summed E-state index contributed by atoms with van der Waals surface area (Å²) in [7, 11) is 0. The van der Waals surface area contributed by atoms with E-state index in [0.717, 1.165) is 33.2 Å². The average molecular weight is 477 g/mol. The quantitative estimate of drug-likeness (QED) is 0.378. The lowest BCUT2D eigenvalue weighted by Gasteiger charge is -2.10. The Bertz CT molecular complexity index is 1570. The van der Waals surface area contributed by atoms with Gasteiger partial charge in [-0.15, -0.1) is 0 Å². The van der Waals surface area contributed by atoms with Crippen molar-refractivity contribution in [3.8, 4) is 11.4 Å². The summed E-state index contributed by atoms with van der Waals surface area (Å²) in [4.78, 5) is 29.8. The molecule has 36 heavy (non-hydrogen) atoms. The molecule has 6 rings (SSSR count). The van der Waals surface area contributed by atoms with Crippen molar-refractivity contribution in [2.75, 3.05) is 0 Å². The molecule has 176 valence electrons. The van der Waals surface area contributed by atoms with Crippen molar-refractivity contribution in [2.45, 2.75) is 13.1 Å². The van der Waals surface area contributed by atoms with E-state index in [9.17, 15) is 4.79 Å². The predicted molar refractivity (Wildman–Crippen MR) is 132 cm³/mol. The molecule has 2 aromatic carbocycles. The number of nitrogens with one attached hydrogen (secondary N) is 2. The van der Waals surface area contributed by atoms with Crippen LogP contribution in [-0.2, 0) is 13.1 Å². The number of fused-ring (bicyclic) bond motifs is 2. The lowest BCUT2D eigenvalue weighted by molar-refractivity contribution is 0.239. The summed E-state index contributed by atoms with van der Waals surface area (Å²) in [5.74, 6) is 1.20. The number of benzene rings is 2. The first-order chi connectivity index (χ1) is 17.7. The number of carbonyl (C=O) groups excluding carboxylic acids is 1. The van der Waals surface area contributed by atoms with Gasteiger partial charge in [-0.25, -0.2) is 24.1 Å². The van der Waals surface area contributed by atoms with Crippen LogP contribution in [0.2, 0.25) is 0 Å². The molecular formula is C25H20N10O. The topological polar surface area (TPSA) is 128 Å². The zero-order valence-electron chi connectivity index (χ0n) is 19.0. The van der Waals surface area contributed by atoms with Gasteiger partial charge in [0.1, 0.15) is 12.7 Å². The molecular weight excluding hydrogens is 456 g/mol. The maximum Gasteiger partial charge on any atom is 0.315 e. The van der Waals surface area contributed by atoms with Gasteiger partial charge in [-0.1, -0.05) is 12.1 Å². The van der Waals surface area contributed by atoms with E-state index in [2.05, 4.69) is 40.8 Å². The molecule has 0 aliphatic rings.